The first-order valence-electron chi connectivity index (χ1n) is 7.80. The van der Waals surface area contributed by atoms with Crippen molar-refractivity contribution < 1.29 is 5.11 Å². The van der Waals surface area contributed by atoms with Crippen LogP contribution in [0, 0.1) is 11.3 Å². The number of aliphatic hydroxyl groups excluding tert-OH is 1. The van der Waals surface area contributed by atoms with Crippen LogP contribution >= 0.6 is 0 Å². The normalized spacial score (nSPS) is 23.8. The van der Waals surface area contributed by atoms with Crippen LogP contribution in [0.2, 0.25) is 0 Å². The van der Waals surface area contributed by atoms with Crippen LogP contribution in [0.15, 0.2) is 48.7 Å². The van der Waals surface area contributed by atoms with Crippen molar-refractivity contribution >= 4 is 11.5 Å². The third kappa shape index (κ3) is 3.22. The molecular formula is C18H23N3O. The lowest BCUT2D eigenvalue weighted by Crippen LogP contribution is -2.46. The van der Waals surface area contributed by atoms with Crippen molar-refractivity contribution in [3.8, 4) is 0 Å². The van der Waals surface area contributed by atoms with E-state index in [1.54, 1.807) is 6.20 Å². The molecule has 1 aromatic carbocycles. The van der Waals surface area contributed by atoms with Crippen molar-refractivity contribution in [2.24, 2.45) is 11.3 Å². The summed E-state index contributed by atoms with van der Waals surface area (Å²) in [7, 11) is 0. The Morgan fingerprint density at radius 2 is 1.95 bits per heavy atom. The van der Waals surface area contributed by atoms with E-state index in [1.165, 1.54) is 5.56 Å². The van der Waals surface area contributed by atoms with Gasteiger partial charge in [-0.25, -0.2) is 4.98 Å². The predicted octanol–water partition coefficient (Wildman–Crippen LogP) is 2.71. The monoisotopic (exact) mass is 297 g/mol. The number of nitrogen functional groups attached to an aromatic ring is 1. The van der Waals surface area contributed by atoms with Crippen molar-refractivity contribution in [1.82, 2.24) is 4.98 Å². The molecule has 0 atom stereocenters. The zero-order chi connectivity index (χ0) is 15.4. The lowest BCUT2D eigenvalue weighted by Gasteiger charge is -2.47. The van der Waals surface area contributed by atoms with E-state index in [9.17, 15) is 5.11 Å². The fourth-order valence-corrected chi connectivity index (χ4v) is 3.42. The highest BCUT2D eigenvalue weighted by atomic mass is 16.3. The molecule has 0 spiro atoms. The fraction of sp³-hybridized carbons (Fsp3) is 0.389. The zero-order valence-electron chi connectivity index (χ0n) is 12.7. The molecule has 4 heteroatoms. The first-order chi connectivity index (χ1) is 10.7. The Kier molecular flexibility index (Phi) is 4.29. The number of rotatable bonds is 6. The van der Waals surface area contributed by atoms with Crippen LogP contribution in [0.4, 0.5) is 11.5 Å². The average Bonchev–Trinajstić information content (AvgIpc) is 2.52. The van der Waals surface area contributed by atoms with E-state index in [4.69, 9.17) is 5.73 Å². The molecule has 0 amide bonds. The van der Waals surface area contributed by atoms with Gasteiger partial charge in [0, 0.05) is 18.2 Å². The number of aliphatic hydroxyl groups is 1. The molecule has 4 N–H and O–H groups in total. The first kappa shape index (κ1) is 14.9. The number of hydrogen-bond donors (Lipinski definition) is 3. The molecule has 0 radical (unpaired) electrons. The van der Waals surface area contributed by atoms with Gasteiger partial charge in [0.1, 0.15) is 5.82 Å². The molecule has 0 bridgehead atoms. The summed E-state index contributed by atoms with van der Waals surface area (Å²) in [6.45, 7) is 0.925. The standard InChI is InChI=1S/C18H23N3O/c19-16-7-4-8-20-17(16)21-12-18(13-22)10-15(11-18)9-14-5-2-1-3-6-14/h1-8,15,22H,9-13,19H2,(H,20,21). The number of pyridine rings is 1. The van der Waals surface area contributed by atoms with E-state index in [2.05, 4.69) is 34.6 Å². The largest absolute Gasteiger partial charge is 0.396 e. The van der Waals surface area contributed by atoms with Gasteiger partial charge in [-0.1, -0.05) is 30.3 Å². The Morgan fingerprint density at radius 1 is 1.18 bits per heavy atom. The first-order valence-corrected chi connectivity index (χ1v) is 7.80. The molecule has 3 rings (SSSR count). The van der Waals surface area contributed by atoms with E-state index in [-0.39, 0.29) is 12.0 Å². The molecule has 1 saturated carbocycles. The summed E-state index contributed by atoms with van der Waals surface area (Å²) in [4.78, 5) is 4.24. The smallest absolute Gasteiger partial charge is 0.149 e. The summed E-state index contributed by atoms with van der Waals surface area (Å²) in [5, 5.41) is 13.1. The minimum atomic E-state index is -0.0383. The third-order valence-corrected chi connectivity index (χ3v) is 4.62. The molecule has 0 unspecified atom stereocenters. The van der Waals surface area contributed by atoms with Crippen molar-refractivity contribution in [2.45, 2.75) is 19.3 Å². The summed E-state index contributed by atoms with van der Waals surface area (Å²) in [5.41, 5.74) is 7.88. The average molecular weight is 297 g/mol. The van der Waals surface area contributed by atoms with Gasteiger partial charge in [-0.2, -0.15) is 0 Å². The van der Waals surface area contributed by atoms with Crippen LogP contribution < -0.4 is 11.1 Å². The number of nitrogens with zero attached hydrogens (tertiary/aromatic N) is 1. The van der Waals surface area contributed by atoms with E-state index < -0.39 is 0 Å². The molecule has 1 aromatic heterocycles. The summed E-state index contributed by atoms with van der Waals surface area (Å²) >= 11 is 0. The number of benzene rings is 1. The van der Waals surface area contributed by atoms with Crippen molar-refractivity contribution in [1.29, 1.82) is 0 Å². The van der Waals surface area contributed by atoms with E-state index in [1.807, 2.05) is 18.2 Å². The van der Waals surface area contributed by atoms with Gasteiger partial charge < -0.3 is 16.2 Å². The van der Waals surface area contributed by atoms with Crippen LogP contribution in [0.25, 0.3) is 0 Å². The van der Waals surface area contributed by atoms with Crippen LogP contribution in [-0.2, 0) is 6.42 Å². The Bertz CT molecular complexity index is 609. The molecule has 0 saturated heterocycles. The van der Waals surface area contributed by atoms with Gasteiger partial charge in [0.05, 0.1) is 12.3 Å². The third-order valence-electron chi connectivity index (χ3n) is 4.62. The van der Waals surface area contributed by atoms with Crippen LogP contribution in [-0.4, -0.2) is 23.2 Å². The van der Waals surface area contributed by atoms with Gasteiger partial charge >= 0.3 is 0 Å². The molecule has 1 fully saturated rings. The Hall–Kier alpha value is -2.07. The quantitative estimate of drug-likeness (QED) is 0.766. The van der Waals surface area contributed by atoms with Gasteiger partial charge in [-0.15, -0.1) is 0 Å². The zero-order valence-corrected chi connectivity index (χ0v) is 12.7. The predicted molar refractivity (Wildman–Crippen MR) is 89.5 cm³/mol. The summed E-state index contributed by atoms with van der Waals surface area (Å²) in [6.07, 6.45) is 4.90. The molecule has 0 aliphatic heterocycles. The molecule has 116 valence electrons. The molecule has 2 aromatic rings. The topological polar surface area (TPSA) is 71.2 Å². The Labute approximate surface area is 131 Å². The van der Waals surface area contributed by atoms with Crippen molar-refractivity contribution in [3.05, 3.63) is 54.2 Å². The minimum Gasteiger partial charge on any atom is -0.396 e. The highest BCUT2D eigenvalue weighted by Gasteiger charge is 2.43. The van der Waals surface area contributed by atoms with E-state index >= 15 is 0 Å². The molecule has 1 heterocycles. The van der Waals surface area contributed by atoms with E-state index in [0.717, 1.165) is 25.8 Å². The molecular weight excluding hydrogens is 274 g/mol. The van der Waals surface area contributed by atoms with Crippen molar-refractivity contribution in [2.75, 3.05) is 24.2 Å². The second-order valence-corrected chi connectivity index (χ2v) is 6.42. The maximum Gasteiger partial charge on any atom is 0.149 e. The summed E-state index contributed by atoms with van der Waals surface area (Å²) < 4.78 is 0. The molecule has 1 aliphatic rings. The number of aromatic nitrogens is 1. The highest BCUT2D eigenvalue weighted by Crippen LogP contribution is 2.46. The maximum atomic E-state index is 9.78. The number of anilines is 2. The lowest BCUT2D eigenvalue weighted by atomic mass is 9.60. The molecule has 22 heavy (non-hydrogen) atoms. The van der Waals surface area contributed by atoms with Gasteiger partial charge in [0.25, 0.3) is 0 Å². The van der Waals surface area contributed by atoms with Gasteiger partial charge in [-0.05, 0) is 42.9 Å². The molecule has 4 nitrogen and oxygen atoms in total. The lowest BCUT2D eigenvalue weighted by molar-refractivity contribution is 0.00658. The number of nitrogens with two attached hydrogens (primary N) is 1. The Morgan fingerprint density at radius 3 is 2.64 bits per heavy atom. The van der Waals surface area contributed by atoms with Crippen LogP contribution in [0.1, 0.15) is 18.4 Å². The summed E-state index contributed by atoms with van der Waals surface area (Å²) in [6, 6.07) is 14.2. The number of hydrogen-bond acceptors (Lipinski definition) is 4. The van der Waals surface area contributed by atoms with Crippen LogP contribution in [0.3, 0.4) is 0 Å². The van der Waals surface area contributed by atoms with Crippen LogP contribution in [0.5, 0.6) is 0 Å². The van der Waals surface area contributed by atoms with E-state index in [0.29, 0.717) is 17.4 Å². The fourth-order valence-electron chi connectivity index (χ4n) is 3.42. The minimum absolute atomic E-state index is 0.0383. The highest BCUT2D eigenvalue weighted by molar-refractivity contribution is 5.60. The van der Waals surface area contributed by atoms with Crippen molar-refractivity contribution in [3.63, 3.8) is 0 Å². The molecule has 1 aliphatic carbocycles. The second-order valence-electron chi connectivity index (χ2n) is 6.42. The summed E-state index contributed by atoms with van der Waals surface area (Å²) in [5.74, 6) is 1.36. The van der Waals surface area contributed by atoms with Gasteiger partial charge in [0.15, 0.2) is 0 Å². The van der Waals surface area contributed by atoms with Gasteiger partial charge in [0.2, 0.25) is 0 Å². The maximum absolute atomic E-state index is 9.78. The van der Waals surface area contributed by atoms with Gasteiger partial charge in [-0.3, -0.25) is 0 Å². The Balaban J connectivity index is 1.54. The number of nitrogens with one attached hydrogen (secondary N) is 1. The SMILES string of the molecule is Nc1cccnc1NCC1(CO)CC(Cc2ccccc2)C1. The second kappa shape index (κ2) is 6.36.